The first-order valence-electron chi connectivity index (χ1n) is 5.44. The second kappa shape index (κ2) is 6.45. The van der Waals surface area contributed by atoms with Crippen molar-refractivity contribution in [2.45, 2.75) is 32.1 Å². The van der Waals surface area contributed by atoms with E-state index in [-0.39, 0.29) is 5.78 Å². The summed E-state index contributed by atoms with van der Waals surface area (Å²) in [6.45, 7) is 6.05. The molecule has 1 nitrogen and oxygen atoms in total. The predicted octanol–water partition coefficient (Wildman–Crippen LogP) is 4.79. The fourth-order valence-corrected chi connectivity index (χ4v) is 3.28. The lowest BCUT2D eigenvalue weighted by Crippen LogP contribution is -1.94. The van der Waals surface area contributed by atoms with Crippen LogP contribution in [0, 0.1) is 5.92 Å². The number of hydrogen-bond donors (Lipinski definition) is 0. The number of rotatable bonds is 5. The molecular weight excluding hydrogens is 284 g/mol. The normalized spacial score (nSPS) is 10.8. The van der Waals surface area contributed by atoms with Crippen molar-refractivity contribution in [3.05, 3.63) is 28.2 Å². The lowest BCUT2D eigenvalue weighted by Gasteiger charge is -2.06. The molecule has 0 aliphatic rings. The molecule has 1 rings (SSSR count). The van der Waals surface area contributed by atoms with E-state index in [9.17, 15) is 4.79 Å². The summed E-state index contributed by atoms with van der Waals surface area (Å²) in [7, 11) is 0. The monoisotopic (exact) mass is 300 g/mol. The number of halogens is 1. The molecule has 0 fully saturated rings. The van der Waals surface area contributed by atoms with Crippen molar-refractivity contribution >= 4 is 33.5 Å². The third-order valence-corrected chi connectivity index (χ3v) is 3.97. The first-order chi connectivity index (χ1) is 7.50. The Morgan fingerprint density at radius 2 is 2.12 bits per heavy atom. The van der Waals surface area contributed by atoms with Crippen molar-refractivity contribution < 1.29 is 4.79 Å². The van der Waals surface area contributed by atoms with E-state index >= 15 is 0 Å². The molecule has 0 N–H and O–H groups in total. The van der Waals surface area contributed by atoms with Gasteiger partial charge in [-0.25, -0.2) is 0 Å². The third-order valence-electron chi connectivity index (χ3n) is 2.28. The van der Waals surface area contributed by atoms with Crippen LogP contribution in [0.1, 0.15) is 37.6 Å². The van der Waals surface area contributed by atoms with E-state index in [1.54, 1.807) is 6.92 Å². The van der Waals surface area contributed by atoms with E-state index in [1.807, 2.05) is 30.0 Å². The van der Waals surface area contributed by atoms with Crippen LogP contribution in [0.3, 0.4) is 0 Å². The van der Waals surface area contributed by atoms with E-state index in [1.165, 1.54) is 11.3 Å². The second-order valence-electron chi connectivity index (χ2n) is 4.23. The summed E-state index contributed by atoms with van der Waals surface area (Å²) in [4.78, 5) is 12.5. The molecule has 0 unspecified atom stereocenters. The molecule has 0 amide bonds. The van der Waals surface area contributed by atoms with Gasteiger partial charge in [-0.1, -0.05) is 29.8 Å². The van der Waals surface area contributed by atoms with E-state index in [0.717, 1.165) is 21.7 Å². The molecule has 16 heavy (non-hydrogen) atoms. The highest BCUT2D eigenvalue weighted by Crippen LogP contribution is 2.26. The SMILES string of the molecule is CC(=O)c1ccc(SCCC(C)C)cc1Br. The van der Waals surface area contributed by atoms with Crippen molar-refractivity contribution in [3.63, 3.8) is 0 Å². The van der Waals surface area contributed by atoms with Gasteiger partial charge in [0.2, 0.25) is 0 Å². The van der Waals surface area contributed by atoms with Crippen LogP contribution >= 0.6 is 27.7 Å². The molecule has 0 heterocycles. The Kier molecular flexibility index (Phi) is 5.56. The average molecular weight is 301 g/mol. The van der Waals surface area contributed by atoms with Gasteiger partial charge in [0.15, 0.2) is 5.78 Å². The summed E-state index contributed by atoms with van der Waals surface area (Å²) in [6, 6.07) is 5.94. The van der Waals surface area contributed by atoms with Crippen LogP contribution in [0.2, 0.25) is 0 Å². The van der Waals surface area contributed by atoms with Gasteiger partial charge in [0.05, 0.1) is 0 Å². The first-order valence-corrected chi connectivity index (χ1v) is 7.22. The number of carbonyl (C=O) groups excluding carboxylic acids is 1. The number of ketones is 1. The molecule has 0 saturated carbocycles. The van der Waals surface area contributed by atoms with E-state index in [0.29, 0.717) is 0 Å². The van der Waals surface area contributed by atoms with Gasteiger partial charge in [0.25, 0.3) is 0 Å². The van der Waals surface area contributed by atoms with Gasteiger partial charge < -0.3 is 0 Å². The summed E-state index contributed by atoms with van der Waals surface area (Å²) < 4.78 is 0.898. The van der Waals surface area contributed by atoms with Crippen LogP contribution in [0.15, 0.2) is 27.6 Å². The Morgan fingerprint density at radius 1 is 1.44 bits per heavy atom. The summed E-state index contributed by atoms with van der Waals surface area (Å²) in [5, 5.41) is 0. The van der Waals surface area contributed by atoms with Crippen molar-refractivity contribution in [2.24, 2.45) is 5.92 Å². The molecule has 0 aromatic heterocycles. The molecule has 0 saturated heterocycles. The van der Waals surface area contributed by atoms with Gasteiger partial charge in [0.1, 0.15) is 0 Å². The average Bonchev–Trinajstić information content (AvgIpc) is 2.16. The minimum atomic E-state index is 0.102. The number of thioether (sulfide) groups is 1. The molecule has 0 atom stereocenters. The lowest BCUT2D eigenvalue weighted by atomic mass is 10.1. The van der Waals surface area contributed by atoms with Crippen LogP contribution in [-0.2, 0) is 0 Å². The van der Waals surface area contributed by atoms with Crippen LogP contribution in [0.25, 0.3) is 0 Å². The Bertz CT molecular complexity index is 374. The minimum absolute atomic E-state index is 0.102. The molecule has 0 spiro atoms. The minimum Gasteiger partial charge on any atom is -0.294 e. The van der Waals surface area contributed by atoms with Crippen molar-refractivity contribution in [1.29, 1.82) is 0 Å². The fraction of sp³-hybridized carbons (Fsp3) is 0.462. The smallest absolute Gasteiger partial charge is 0.160 e. The van der Waals surface area contributed by atoms with Crippen LogP contribution in [-0.4, -0.2) is 11.5 Å². The quantitative estimate of drug-likeness (QED) is 0.574. The van der Waals surface area contributed by atoms with Gasteiger partial charge >= 0.3 is 0 Å². The van der Waals surface area contributed by atoms with Gasteiger partial charge in [-0.05, 0) is 43.2 Å². The molecular formula is C13H17BrOS. The molecule has 0 aliphatic heterocycles. The zero-order valence-corrected chi connectivity index (χ0v) is 12.3. The highest BCUT2D eigenvalue weighted by Gasteiger charge is 2.06. The van der Waals surface area contributed by atoms with E-state index in [4.69, 9.17) is 0 Å². The van der Waals surface area contributed by atoms with Crippen molar-refractivity contribution in [3.8, 4) is 0 Å². The summed E-state index contributed by atoms with van der Waals surface area (Å²) >= 11 is 5.28. The van der Waals surface area contributed by atoms with Crippen LogP contribution in [0.4, 0.5) is 0 Å². The van der Waals surface area contributed by atoms with Gasteiger partial charge in [0, 0.05) is 14.9 Å². The maximum atomic E-state index is 11.2. The number of carbonyl (C=O) groups is 1. The topological polar surface area (TPSA) is 17.1 Å². The fourth-order valence-electron chi connectivity index (χ4n) is 1.28. The molecule has 1 aromatic carbocycles. The summed E-state index contributed by atoms with van der Waals surface area (Å²) in [5.41, 5.74) is 0.758. The molecule has 0 bridgehead atoms. The van der Waals surface area contributed by atoms with Gasteiger partial charge in [-0.2, -0.15) is 0 Å². The Hall–Kier alpha value is -0.280. The zero-order chi connectivity index (χ0) is 12.1. The van der Waals surface area contributed by atoms with E-state index < -0.39 is 0 Å². The highest BCUT2D eigenvalue weighted by atomic mass is 79.9. The standard InChI is InChI=1S/C13H17BrOS/c1-9(2)6-7-16-11-4-5-12(10(3)15)13(14)8-11/h4-5,8-9H,6-7H2,1-3H3. The van der Waals surface area contributed by atoms with Gasteiger partial charge in [-0.15, -0.1) is 11.8 Å². The third kappa shape index (κ3) is 4.30. The van der Waals surface area contributed by atoms with Crippen LogP contribution < -0.4 is 0 Å². The maximum Gasteiger partial charge on any atom is 0.160 e. The molecule has 0 radical (unpaired) electrons. The van der Waals surface area contributed by atoms with E-state index in [2.05, 4.69) is 29.8 Å². The maximum absolute atomic E-state index is 11.2. The molecule has 3 heteroatoms. The second-order valence-corrected chi connectivity index (χ2v) is 6.25. The lowest BCUT2D eigenvalue weighted by molar-refractivity contribution is 0.101. The highest BCUT2D eigenvalue weighted by molar-refractivity contribution is 9.10. The largest absolute Gasteiger partial charge is 0.294 e. The molecule has 88 valence electrons. The molecule has 0 aliphatic carbocycles. The van der Waals surface area contributed by atoms with Crippen molar-refractivity contribution in [1.82, 2.24) is 0 Å². The summed E-state index contributed by atoms with van der Waals surface area (Å²) in [5.74, 6) is 1.97. The number of hydrogen-bond acceptors (Lipinski definition) is 2. The van der Waals surface area contributed by atoms with Crippen molar-refractivity contribution in [2.75, 3.05) is 5.75 Å². The molecule has 1 aromatic rings. The predicted molar refractivity (Wildman–Crippen MR) is 74.3 cm³/mol. The number of Topliss-reactive ketones (excluding diaryl/α,β-unsaturated/α-hetero) is 1. The Labute approximate surface area is 110 Å². The summed E-state index contributed by atoms with van der Waals surface area (Å²) in [6.07, 6.45) is 1.22. The Balaban J connectivity index is 2.63. The zero-order valence-electron chi connectivity index (χ0n) is 9.92. The Morgan fingerprint density at radius 3 is 2.62 bits per heavy atom. The first kappa shape index (κ1) is 13.8. The van der Waals surface area contributed by atoms with Gasteiger partial charge in [-0.3, -0.25) is 4.79 Å². The number of benzene rings is 1. The van der Waals surface area contributed by atoms with Crippen LogP contribution in [0.5, 0.6) is 0 Å².